The number of benzene rings is 1. The lowest BCUT2D eigenvalue weighted by molar-refractivity contribution is 0.853. The van der Waals surface area contributed by atoms with Gasteiger partial charge in [0.25, 0.3) is 0 Å². The van der Waals surface area contributed by atoms with E-state index in [4.69, 9.17) is 0 Å². The molecule has 1 aromatic heterocycles. The number of thioether (sulfide) groups is 1. The van der Waals surface area contributed by atoms with Crippen LogP contribution in [0.3, 0.4) is 0 Å². The summed E-state index contributed by atoms with van der Waals surface area (Å²) in [4.78, 5) is 10.5. The van der Waals surface area contributed by atoms with Gasteiger partial charge in [0.1, 0.15) is 11.6 Å². The fourth-order valence-corrected chi connectivity index (χ4v) is 2.97. The molecule has 112 valence electrons. The molecule has 21 heavy (non-hydrogen) atoms. The number of nitrogens with one attached hydrogen (secondary N) is 1. The molecule has 0 radical (unpaired) electrons. The van der Waals surface area contributed by atoms with E-state index >= 15 is 0 Å². The molecular formula is C16H20BrN3S. The summed E-state index contributed by atoms with van der Waals surface area (Å²) in [7, 11) is 0. The normalized spacial score (nSPS) is 10.6. The van der Waals surface area contributed by atoms with Crippen LogP contribution in [-0.4, -0.2) is 16.5 Å². The second-order valence-electron chi connectivity index (χ2n) is 4.68. The van der Waals surface area contributed by atoms with E-state index in [2.05, 4.69) is 75.4 Å². The smallest absolute Gasteiger partial charge is 0.141 e. The van der Waals surface area contributed by atoms with Crippen LogP contribution in [0.5, 0.6) is 0 Å². The highest BCUT2D eigenvalue weighted by molar-refractivity contribution is 9.10. The lowest BCUT2D eigenvalue weighted by atomic mass is 10.2. The molecule has 0 spiro atoms. The summed E-state index contributed by atoms with van der Waals surface area (Å²) in [6.07, 6.45) is 2.10. The Hall–Kier alpha value is -1.07. The van der Waals surface area contributed by atoms with E-state index < -0.39 is 0 Å². The molecule has 1 N–H and O–H groups in total. The molecular weight excluding hydrogens is 346 g/mol. The Balaban J connectivity index is 2.08. The number of aromatic nitrogens is 2. The minimum Gasteiger partial charge on any atom is -0.370 e. The van der Waals surface area contributed by atoms with Crippen LogP contribution in [0.25, 0.3) is 0 Å². The zero-order chi connectivity index (χ0) is 15.1. The molecule has 2 aromatic rings. The molecule has 2 rings (SSSR count). The average molecular weight is 366 g/mol. The van der Waals surface area contributed by atoms with Crippen LogP contribution in [0.1, 0.15) is 31.8 Å². The van der Waals surface area contributed by atoms with Crippen LogP contribution in [0.2, 0.25) is 0 Å². The average Bonchev–Trinajstić information content (AvgIpc) is 2.47. The van der Waals surface area contributed by atoms with Gasteiger partial charge in [-0.25, -0.2) is 9.97 Å². The molecule has 0 aliphatic carbocycles. The molecule has 1 heterocycles. The number of nitrogens with zero attached hydrogens (tertiary/aromatic N) is 2. The summed E-state index contributed by atoms with van der Waals surface area (Å²) in [6.45, 7) is 5.13. The number of hydrogen-bond donors (Lipinski definition) is 1. The lowest BCUT2D eigenvalue weighted by Gasteiger charge is -2.08. The first-order chi connectivity index (χ1) is 10.2. The van der Waals surface area contributed by atoms with Gasteiger partial charge >= 0.3 is 0 Å². The van der Waals surface area contributed by atoms with Crippen LogP contribution < -0.4 is 5.32 Å². The Morgan fingerprint density at radius 1 is 1.14 bits per heavy atom. The van der Waals surface area contributed by atoms with Gasteiger partial charge in [0.2, 0.25) is 0 Å². The summed E-state index contributed by atoms with van der Waals surface area (Å²) >= 11 is 5.22. The molecule has 0 atom stereocenters. The fourth-order valence-electron chi connectivity index (χ4n) is 1.95. The standard InChI is InChI=1S/C16H20BrN3S/c1-3-5-13-10-15(18-4-2)20-16(19-13)11-21-14-8-6-12(17)7-9-14/h6-10H,3-5,11H2,1-2H3,(H,18,19,20). The van der Waals surface area contributed by atoms with Crippen molar-refractivity contribution in [3.63, 3.8) is 0 Å². The van der Waals surface area contributed by atoms with Crippen LogP contribution >= 0.6 is 27.7 Å². The Morgan fingerprint density at radius 2 is 1.90 bits per heavy atom. The third-order valence-electron chi connectivity index (χ3n) is 2.87. The minimum absolute atomic E-state index is 0.789. The minimum atomic E-state index is 0.789. The molecule has 0 bridgehead atoms. The molecule has 0 aliphatic rings. The molecule has 0 saturated carbocycles. The van der Waals surface area contributed by atoms with Gasteiger partial charge in [0.05, 0.1) is 5.75 Å². The van der Waals surface area contributed by atoms with Crippen molar-refractivity contribution in [2.75, 3.05) is 11.9 Å². The van der Waals surface area contributed by atoms with E-state index in [9.17, 15) is 0 Å². The van der Waals surface area contributed by atoms with Crippen molar-refractivity contribution in [3.8, 4) is 0 Å². The molecule has 3 nitrogen and oxygen atoms in total. The van der Waals surface area contributed by atoms with Crippen molar-refractivity contribution in [1.29, 1.82) is 0 Å². The molecule has 1 aromatic carbocycles. The van der Waals surface area contributed by atoms with E-state index in [0.29, 0.717) is 0 Å². The molecule has 0 saturated heterocycles. The molecule has 0 amide bonds. The fraction of sp³-hybridized carbons (Fsp3) is 0.375. The first-order valence-corrected chi connectivity index (χ1v) is 8.98. The summed E-state index contributed by atoms with van der Waals surface area (Å²) in [5.41, 5.74) is 1.12. The number of halogens is 1. The zero-order valence-electron chi connectivity index (χ0n) is 12.4. The number of anilines is 1. The maximum atomic E-state index is 4.66. The van der Waals surface area contributed by atoms with Crippen molar-refractivity contribution < 1.29 is 0 Å². The van der Waals surface area contributed by atoms with Gasteiger partial charge in [-0.2, -0.15) is 0 Å². The third-order valence-corrected chi connectivity index (χ3v) is 4.41. The second kappa shape index (κ2) is 8.39. The molecule has 5 heteroatoms. The molecule has 0 aliphatic heterocycles. The van der Waals surface area contributed by atoms with Crippen molar-refractivity contribution in [2.45, 2.75) is 37.3 Å². The maximum absolute atomic E-state index is 4.66. The van der Waals surface area contributed by atoms with E-state index in [1.807, 2.05) is 0 Å². The summed E-state index contributed by atoms with van der Waals surface area (Å²) in [6, 6.07) is 10.4. The Bertz CT molecular complexity index is 548. The monoisotopic (exact) mass is 365 g/mol. The van der Waals surface area contributed by atoms with E-state index in [-0.39, 0.29) is 0 Å². The van der Waals surface area contributed by atoms with Crippen molar-refractivity contribution >= 4 is 33.5 Å². The van der Waals surface area contributed by atoms with E-state index in [1.54, 1.807) is 11.8 Å². The van der Waals surface area contributed by atoms with Gasteiger partial charge in [0, 0.05) is 27.7 Å². The van der Waals surface area contributed by atoms with Crippen LogP contribution in [-0.2, 0) is 12.2 Å². The summed E-state index contributed by atoms with van der Waals surface area (Å²) < 4.78 is 1.10. The largest absolute Gasteiger partial charge is 0.370 e. The first kappa shape index (κ1) is 16.3. The predicted octanol–water partition coefficient (Wildman–Crippen LogP) is 4.92. The Morgan fingerprint density at radius 3 is 2.57 bits per heavy atom. The topological polar surface area (TPSA) is 37.8 Å². The Kier molecular flexibility index (Phi) is 6.51. The van der Waals surface area contributed by atoms with Crippen molar-refractivity contribution in [3.05, 3.63) is 46.3 Å². The Labute approximate surface area is 139 Å². The highest BCUT2D eigenvalue weighted by atomic mass is 79.9. The van der Waals surface area contributed by atoms with Gasteiger partial charge < -0.3 is 5.32 Å². The lowest BCUT2D eigenvalue weighted by Crippen LogP contribution is -2.05. The van der Waals surface area contributed by atoms with Crippen LogP contribution in [0, 0.1) is 0 Å². The van der Waals surface area contributed by atoms with Crippen molar-refractivity contribution in [2.24, 2.45) is 0 Å². The summed E-state index contributed by atoms with van der Waals surface area (Å²) in [5, 5.41) is 3.29. The number of hydrogen-bond acceptors (Lipinski definition) is 4. The SMILES string of the molecule is CCCc1cc(NCC)nc(CSc2ccc(Br)cc2)n1. The van der Waals surface area contributed by atoms with Crippen LogP contribution in [0.4, 0.5) is 5.82 Å². The highest BCUT2D eigenvalue weighted by Gasteiger charge is 2.05. The van der Waals surface area contributed by atoms with Gasteiger partial charge in [0.15, 0.2) is 0 Å². The highest BCUT2D eigenvalue weighted by Crippen LogP contribution is 2.24. The van der Waals surface area contributed by atoms with Crippen LogP contribution in [0.15, 0.2) is 39.7 Å². The number of aryl methyl sites for hydroxylation is 1. The predicted molar refractivity (Wildman–Crippen MR) is 93.9 cm³/mol. The quantitative estimate of drug-likeness (QED) is 0.706. The third kappa shape index (κ3) is 5.32. The summed E-state index contributed by atoms with van der Waals surface area (Å²) in [5.74, 6) is 2.62. The molecule has 0 unspecified atom stereocenters. The van der Waals surface area contributed by atoms with Gasteiger partial charge in [-0.3, -0.25) is 0 Å². The van der Waals surface area contributed by atoms with E-state index in [0.717, 1.165) is 46.9 Å². The molecule has 0 fully saturated rings. The maximum Gasteiger partial charge on any atom is 0.141 e. The zero-order valence-corrected chi connectivity index (χ0v) is 14.8. The van der Waals surface area contributed by atoms with Gasteiger partial charge in [-0.1, -0.05) is 29.3 Å². The van der Waals surface area contributed by atoms with Gasteiger partial charge in [-0.15, -0.1) is 11.8 Å². The van der Waals surface area contributed by atoms with Crippen molar-refractivity contribution in [1.82, 2.24) is 9.97 Å². The second-order valence-corrected chi connectivity index (χ2v) is 6.65. The number of rotatable bonds is 7. The van der Waals surface area contributed by atoms with E-state index in [1.165, 1.54) is 4.90 Å². The van der Waals surface area contributed by atoms with Gasteiger partial charge in [-0.05, 0) is 37.6 Å². The first-order valence-electron chi connectivity index (χ1n) is 7.20.